The molecule has 5 heteroatoms. The zero-order valence-electron chi connectivity index (χ0n) is 14.4. The number of amides is 2. The van der Waals surface area contributed by atoms with E-state index in [0.29, 0.717) is 17.1 Å². The molecule has 3 aromatic carbocycles. The SMILES string of the molecule is CN(Cc1ccccc1Cl)C(=O)CNC(=O)c1ccc2ccccc2c1. The minimum atomic E-state index is -0.268. The number of rotatable bonds is 5. The van der Waals surface area contributed by atoms with E-state index in [2.05, 4.69) is 5.32 Å². The molecule has 0 aliphatic heterocycles. The van der Waals surface area contributed by atoms with Gasteiger partial charge in [0.15, 0.2) is 0 Å². The zero-order valence-corrected chi connectivity index (χ0v) is 15.2. The second-order valence-corrected chi connectivity index (χ2v) is 6.49. The summed E-state index contributed by atoms with van der Waals surface area (Å²) in [7, 11) is 1.69. The first-order chi connectivity index (χ1) is 12.5. The summed E-state index contributed by atoms with van der Waals surface area (Å²) in [6, 6.07) is 20.7. The van der Waals surface area contributed by atoms with Crippen LogP contribution in [0.5, 0.6) is 0 Å². The van der Waals surface area contributed by atoms with Gasteiger partial charge in [0.1, 0.15) is 0 Å². The van der Waals surface area contributed by atoms with Crippen molar-refractivity contribution >= 4 is 34.2 Å². The lowest BCUT2D eigenvalue weighted by atomic mass is 10.1. The molecule has 4 nitrogen and oxygen atoms in total. The topological polar surface area (TPSA) is 49.4 Å². The van der Waals surface area contributed by atoms with E-state index in [1.807, 2.05) is 54.6 Å². The number of hydrogen-bond acceptors (Lipinski definition) is 2. The van der Waals surface area contributed by atoms with Crippen molar-refractivity contribution in [3.63, 3.8) is 0 Å². The number of nitrogens with zero attached hydrogens (tertiary/aromatic N) is 1. The molecule has 0 aromatic heterocycles. The lowest BCUT2D eigenvalue weighted by Gasteiger charge is -2.18. The number of carbonyl (C=O) groups is 2. The van der Waals surface area contributed by atoms with Crippen LogP contribution < -0.4 is 5.32 Å². The van der Waals surface area contributed by atoms with Gasteiger partial charge < -0.3 is 10.2 Å². The molecular weight excluding hydrogens is 348 g/mol. The number of likely N-dealkylation sites (N-methyl/N-ethyl adjacent to an activating group) is 1. The summed E-state index contributed by atoms with van der Waals surface area (Å²) in [4.78, 5) is 26.1. The molecule has 132 valence electrons. The first-order valence-corrected chi connectivity index (χ1v) is 8.67. The molecule has 0 aliphatic carbocycles. The molecule has 2 amide bonds. The Morgan fingerprint density at radius 3 is 2.42 bits per heavy atom. The van der Waals surface area contributed by atoms with E-state index < -0.39 is 0 Å². The number of hydrogen-bond donors (Lipinski definition) is 1. The van der Waals surface area contributed by atoms with E-state index in [0.717, 1.165) is 16.3 Å². The molecular formula is C21H19ClN2O2. The van der Waals surface area contributed by atoms with Crippen LogP contribution in [0.3, 0.4) is 0 Å². The van der Waals surface area contributed by atoms with Gasteiger partial charge in [-0.15, -0.1) is 0 Å². The highest BCUT2D eigenvalue weighted by molar-refractivity contribution is 6.31. The molecule has 3 aromatic rings. The summed E-state index contributed by atoms with van der Waals surface area (Å²) in [6.07, 6.45) is 0. The Morgan fingerprint density at radius 2 is 1.65 bits per heavy atom. The maximum absolute atomic E-state index is 12.3. The fourth-order valence-electron chi connectivity index (χ4n) is 2.69. The van der Waals surface area contributed by atoms with Gasteiger partial charge in [0.2, 0.25) is 5.91 Å². The summed E-state index contributed by atoms with van der Waals surface area (Å²) in [5.74, 6) is -0.450. The Kier molecular flexibility index (Phi) is 5.54. The number of carbonyl (C=O) groups excluding carboxylic acids is 2. The van der Waals surface area contributed by atoms with Crippen LogP contribution in [0.4, 0.5) is 0 Å². The van der Waals surface area contributed by atoms with E-state index in [4.69, 9.17) is 11.6 Å². The van der Waals surface area contributed by atoms with E-state index in [9.17, 15) is 9.59 Å². The van der Waals surface area contributed by atoms with Crippen molar-refractivity contribution in [2.24, 2.45) is 0 Å². The van der Waals surface area contributed by atoms with Gasteiger partial charge in [0.05, 0.1) is 6.54 Å². The van der Waals surface area contributed by atoms with Crippen LogP contribution in [0.15, 0.2) is 66.7 Å². The molecule has 0 unspecified atom stereocenters. The van der Waals surface area contributed by atoms with Crippen molar-refractivity contribution in [2.45, 2.75) is 6.54 Å². The maximum Gasteiger partial charge on any atom is 0.251 e. The van der Waals surface area contributed by atoms with E-state index >= 15 is 0 Å². The minimum absolute atomic E-state index is 0.0629. The summed E-state index contributed by atoms with van der Waals surface area (Å²) >= 11 is 6.12. The predicted molar refractivity (Wildman–Crippen MR) is 104 cm³/mol. The van der Waals surface area contributed by atoms with Gasteiger partial charge >= 0.3 is 0 Å². The van der Waals surface area contributed by atoms with Crippen LogP contribution in [0.1, 0.15) is 15.9 Å². The maximum atomic E-state index is 12.3. The Morgan fingerprint density at radius 1 is 0.962 bits per heavy atom. The molecule has 0 spiro atoms. The fourth-order valence-corrected chi connectivity index (χ4v) is 2.89. The third-order valence-electron chi connectivity index (χ3n) is 4.20. The molecule has 0 heterocycles. The minimum Gasteiger partial charge on any atom is -0.343 e. The second kappa shape index (κ2) is 8.02. The Labute approximate surface area is 157 Å². The molecule has 26 heavy (non-hydrogen) atoms. The van der Waals surface area contributed by atoms with Crippen molar-refractivity contribution in [1.29, 1.82) is 0 Å². The van der Waals surface area contributed by atoms with Crippen molar-refractivity contribution in [3.05, 3.63) is 82.9 Å². The van der Waals surface area contributed by atoms with Crippen LogP contribution in [0.25, 0.3) is 10.8 Å². The van der Waals surface area contributed by atoms with Crippen LogP contribution in [0, 0.1) is 0 Å². The predicted octanol–water partition coefficient (Wildman–Crippen LogP) is 3.88. The molecule has 3 rings (SSSR count). The number of nitrogens with one attached hydrogen (secondary N) is 1. The molecule has 0 saturated carbocycles. The smallest absolute Gasteiger partial charge is 0.251 e. The van der Waals surface area contributed by atoms with Crippen LogP contribution in [-0.2, 0) is 11.3 Å². The van der Waals surface area contributed by atoms with Crippen LogP contribution in [0.2, 0.25) is 5.02 Å². The lowest BCUT2D eigenvalue weighted by molar-refractivity contribution is -0.129. The number of fused-ring (bicyclic) bond motifs is 1. The largest absolute Gasteiger partial charge is 0.343 e. The molecule has 0 radical (unpaired) electrons. The van der Waals surface area contributed by atoms with Crippen molar-refractivity contribution < 1.29 is 9.59 Å². The Balaban J connectivity index is 1.59. The Bertz CT molecular complexity index is 955. The lowest BCUT2D eigenvalue weighted by Crippen LogP contribution is -2.37. The molecule has 1 N–H and O–H groups in total. The van der Waals surface area contributed by atoms with Gasteiger partial charge in [0.25, 0.3) is 5.91 Å². The third-order valence-corrected chi connectivity index (χ3v) is 4.57. The average Bonchev–Trinajstić information content (AvgIpc) is 2.67. The van der Waals surface area contributed by atoms with Gasteiger partial charge in [-0.25, -0.2) is 0 Å². The van der Waals surface area contributed by atoms with Gasteiger partial charge in [0, 0.05) is 24.2 Å². The first-order valence-electron chi connectivity index (χ1n) is 8.29. The molecule has 0 bridgehead atoms. The quantitative estimate of drug-likeness (QED) is 0.745. The van der Waals surface area contributed by atoms with Gasteiger partial charge in [-0.1, -0.05) is 60.1 Å². The van der Waals surface area contributed by atoms with E-state index in [1.54, 1.807) is 24.1 Å². The standard InChI is InChI=1S/C21H19ClN2O2/c1-24(14-18-8-4-5-9-19(18)22)20(25)13-23-21(26)17-11-10-15-6-2-3-7-16(15)12-17/h2-12H,13-14H2,1H3,(H,23,26). The first kappa shape index (κ1) is 18.0. The Hall–Kier alpha value is -2.85. The highest BCUT2D eigenvalue weighted by Gasteiger charge is 2.13. The monoisotopic (exact) mass is 366 g/mol. The summed E-state index contributed by atoms with van der Waals surface area (Å²) < 4.78 is 0. The second-order valence-electron chi connectivity index (χ2n) is 6.09. The molecule has 0 aliphatic rings. The molecule has 0 saturated heterocycles. The van der Waals surface area contributed by atoms with Crippen molar-refractivity contribution in [2.75, 3.05) is 13.6 Å². The number of halogens is 1. The highest BCUT2D eigenvalue weighted by atomic mass is 35.5. The van der Waals surface area contributed by atoms with Crippen molar-refractivity contribution in [3.8, 4) is 0 Å². The van der Waals surface area contributed by atoms with Crippen molar-refractivity contribution in [1.82, 2.24) is 10.2 Å². The average molecular weight is 367 g/mol. The highest BCUT2D eigenvalue weighted by Crippen LogP contribution is 2.17. The normalized spacial score (nSPS) is 10.5. The van der Waals surface area contributed by atoms with Gasteiger partial charge in [-0.3, -0.25) is 9.59 Å². The fraction of sp³-hybridized carbons (Fsp3) is 0.143. The summed E-state index contributed by atoms with van der Waals surface area (Å²) in [5.41, 5.74) is 1.40. The molecule has 0 fully saturated rings. The molecule has 0 atom stereocenters. The van der Waals surface area contributed by atoms with Crippen LogP contribution >= 0.6 is 11.6 Å². The van der Waals surface area contributed by atoms with Crippen LogP contribution in [-0.4, -0.2) is 30.3 Å². The van der Waals surface area contributed by atoms with Gasteiger partial charge in [-0.05, 0) is 34.5 Å². The van der Waals surface area contributed by atoms with Gasteiger partial charge in [-0.2, -0.15) is 0 Å². The van der Waals surface area contributed by atoms with E-state index in [-0.39, 0.29) is 18.4 Å². The summed E-state index contributed by atoms with van der Waals surface area (Å²) in [5, 5.41) is 5.36. The third kappa shape index (κ3) is 4.21. The summed E-state index contributed by atoms with van der Waals surface area (Å²) in [6.45, 7) is 0.330. The van der Waals surface area contributed by atoms with E-state index in [1.165, 1.54) is 0 Å². The zero-order chi connectivity index (χ0) is 18.5. The number of benzene rings is 3.